The predicted molar refractivity (Wildman–Crippen MR) is 96.5 cm³/mol. The van der Waals surface area contributed by atoms with Crippen LogP contribution < -0.4 is 10.3 Å². The minimum absolute atomic E-state index is 0.237. The number of nitrogens with zero attached hydrogens (tertiary/aromatic N) is 1. The zero-order valence-electron chi connectivity index (χ0n) is 13.9. The fourth-order valence-electron chi connectivity index (χ4n) is 3.14. The second-order valence-electron chi connectivity index (χ2n) is 6.05. The van der Waals surface area contributed by atoms with Crippen molar-refractivity contribution in [3.8, 4) is 5.75 Å². The zero-order valence-corrected chi connectivity index (χ0v) is 13.9. The Morgan fingerprint density at radius 3 is 2.27 bits per heavy atom. The fraction of sp³-hybridized carbons (Fsp3) is 0.150. The fourth-order valence-corrected chi connectivity index (χ4v) is 3.14. The number of H-pyrrole nitrogens is 1. The van der Waals surface area contributed by atoms with E-state index in [1.54, 1.807) is 24.3 Å². The average molecular weight is 348 g/mol. The lowest BCUT2D eigenvalue weighted by Crippen LogP contribution is -2.31. The number of hydrogen-bond donors (Lipinski definition) is 1. The third-order valence-corrected chi connectivity index (χ3v) is 4.37. The largest absolute Gasteiger partial charge is 0.493 e. The number of aromatic nitrogens is 1. The summed E-state index contributed by atoms with van der Waals surface area (Å²) in [6, 6.07) is 15.6. The molecule has 0 radical (unpaired) electrons. The molecule has 6 nitrogen and oxygen atoms in total. The standard InChI is InChI=1S/C20H16N2O4/c23-18-12-17(15-8-3-4-9-16(15)21-18)26-11-5-10-22-19(24)13-6-1-2-7-14(13)20(22)25/h1-4,6-9,12H,5,10-11H2,(H,21,23). The highest BCUT2D eigenvalue weighted by Crippen LogP contribution is 2.24. The Labute approximate surface area is 149 Å². The number of ether oxygens (including phenoxy) is 1. The number of para-hydroxylation sites is 1. The number of pyridine rings is 1. The molecule has 0 saturated heterocycles. The minimum atomic E-state index is -0.271. The van der Waals surface area contributed by atoms with Crippen LogP contribution in [0.15, 0.2) is 59.4 Å². The van der Waals surface area contributed by atoms with Gasteiger partial charge in [-0.1, -0.05) is 24.3 Å². The molecular formula is C20H16N2O4. The number of hydrogen-bond acceptors (Lipinski definition) is 4. The molecule has 0 aliphatic carbocycles. The minimum Gasteiger partial charge on any atom is -0.493 e. The van der Waals surface area contributed by atoms with Crippen molar-refractivity contribution in [1.29, 1.82) is 0 Å². The van der Waals surface area contributed by atoms with Gasteiger partial charge < -0.3 is 9.72 Å². The quantitative estimate of drug-likeness (QED) is 0.568. The van der Waals surface area contributed by atoms with Crippen molar-refractivity contribution in [3.63, 3.8) is 0 Å². The van der Waals surface area contributed by atoms with E-state index in [0.29, 0.717) is 35.4 Å². The molecule has 2 amide bonds. The van der Waals surface area contributed by atoms with Crippen molar-refractivity contribution in [3.05, 3.63) is 76.1 Å². The van der Waals surface area contributed by atoms with Crippen LogP contribution in [0.4, 0.5) is 0 Å². The second kappa shape index (κ2) is 6.48. The summed E-state index contributed by atoms with van der Waals surface area (Å²) in [6.45, 7) is 0.564. The number of nitrogens with one attached hydrogen (secondary N) is 1. The van der Waals surface area contributed by atoms with Crippen molar-refractivity contribution < 1.29 is 14.3 Å². The molecule has 3 aromatic rings. The SMILES string of the molecule is O=C1c2ccccc2C(=O)N1CCCOc1cc(=O)[nH]c2ccccc12. The van der Waals surface area contributed by atoms with Crippen LogP contribution >= 0.6 is 0 Å². The molecule has 0 spiro atoms. The molecule has 1 aromatic heterocycles. The molecule has 0 saturated carbocycles. The van der Waals surface area contributed by atoms with E-state index in [0.717, 1.165) is 5.39 Å². The van der Waals surface area contributed by atoms with Crippen LogP contribution in [0.1, 0.15) is 27.1 Å². The molecule has 2 aromatic carbocycles. The topological polar surface area (TPSA) is 79.5 Å². The van der Waals surface area contributed by atoms with Crippen molar-refractivity contribution >= 4 is 22.7 Å². The van der Waals surface area contributed by atoms with Crippen LogP contribution in [0, 0.1) is 0 Å². The van der Waals surface area contributed by atoms with Crippen LogP contribution in [-0.4, -0.2) is 34.8 Å². The lowest BCUT2D eigenvalue weighted by molar-refractivity contribution is 0.0647. The summed E-state index contributed by atoms with van der Waals surface area (Å²) < 4.78 is 5.74. The lowest BCUT2D eigenvalue weighted by atomic mass is 10.1. The van der Waals surface area contributed by atoms with Gasteiger partial charge in [0.25, 0.3) is 17.4 Å². The Kier molecular flexibility index (Phi) is 4.01. The number of carbonyl (C=O) groups excluding carboxylic acids is 2. The molecule has 1 aliphatic heterocycles. The number of amides is 2. The predicted octanol–water partition coefficient (Wildman–Crippen LogP) is 2.59. The summed E-state index contributed by atoms with van der Waals surface area (Å²) in [7, 11) is 0. The number of benzene rings is 2. The molecule has 0 atom stereocenters. The number of imide groups is 1. The van der Waals surface area contributed by atoms with Gasteiger partial charge in [-0.05, 0) is 30.7 Å². The normalized spacial score (nSPS) is 13.3. The summed E-state index contributed by atoms with van der Waals surface area (Å²) in [5.74, 6) is -0.0499. The van der Waals surface area contributed by atoms with E-state index in [2.05, 4.69) is 4.98 Å². The van der Waals surface area contributed by atoms with Gasteiger partial charge >= 0.3 is 0 Å². The molecule has 1 aliphatic rings. The van der Waals surface area contributed by atoms with E-state index in [-0.39, 0.29) is 23.9 Å². The van der Waals surface area contributed by atoms with Crippen LogP contribution in [0.2, 0.25) is 0 Å². The second-order valence-corrected chi connectivity index (χ2v) is 6.05. The zero-order chi connectivity index (χ0) is 18.1. The van der Waals surface area contributed by atoms with Gasteiger partial charge in [-0.25, -0.2) is 0 Å². The number of aromatic amines is 1. The molecule has 0 unspecified atom stereocenters. The van der Waals surface area contributed by atoms with Gasteiger partial charge in [-0.15, -0.1) is 0 Å². The lowest BCUT2D eigenvalue weighted by Gasteiger charge is -2.14. The molecule has 26 heavy (non-hydrogen) atoms. The van der Waals surface area contributed by atoms with E-state index in [9.17, 15) is 14.4 Å². The molecule has 0 bridgehead atoms. The smallest absolute Gasteiger partial charge is 0.261 e. The summed E-state index contributed by atoms with van der Waals surface area (Å²) in [6.07, 6.45) is 0.479. The maximum absolute atomic E-state index is 12.3. The van der Waals surface area contributed by atoms with Gasteiger partial charge in [0.2, 0.25) is 0 Å². The molecule has 130 valence electrons. The van der Waals surface area contributed by atoms with Gasteiger partial charge in [0.05, 0.1) is 23.3 Å². The Bertz CT molecular complexity index is 1040. The van der Waals surface area contributed by atoms with E-state index < -0.39 is 0 Å². The highest BCUT2D eigenvalue weighted by atomic mass is 16.5. The maximum Gasteiger partial charge on any atom is 0.261 e. The van der Waals surface area contributed by atoms with Gasteiger partial charge in [-0.3, -0.25) is 19.3 Å². The maximum atomic E-state index is 12.3. The van der Waals surface area contributed by atoms with E-state index in [1.165, 1.54) is 11.0 Å². The van der Waals surface area contributed by atoms with Gasteiger partial charge in [-0.2, -0.15) is 0 Å². The van der Waals surface area contributed by atoms with E-state index >= 15 is 0 Å². The van der Waals surface area contributed by atoms with Crippen LogP contribution in [0.25, 0.3) is 10.9 Å². The average Bonchev–Trinajstić information content (AvgIpc) is 2.90. The Hall–Kier alpha value is -3.41. The first-order chi connectivity index (χ1) is 12.6. The number of rotatable bonds is 5. The van der Waals surface area contributed by atoms with Crippen molar-refractivity contribution in [2.24, 2.45) is 0 Å². The van der Waals surface area contributed by atoms with E-state index in [1.807, 2.05) is 24.3 Å². The molecular weight excluding hydrogens is 332 g/mol. The first-order valence-electron chi connectivity index (χ1n) is 8.35. The monoisotopic (exact) mass is 348 g/mol. The summed E-state index contributed by atoms with van der Waals surface area (Å²) >= 11 is 0. The van der Waals surface area contributed by atoms with Crippen molar-refractivity contribution in [1.82, 2.24) is 9.88 Å². The highest BCUT2D eigenvalue weighted by molar-refractivity contribution is 6.21. The summed E-state index contributed by atoms with van der Waals surface area (Å²) in [5, 5.41) is 0.813. The third kappa shape index (κ3) is 2.75. The first-order valence-corrected chi connectivity index (χ1v) is 8.35. The van der Waals surface area contributed by atoms with E-state index in [4.69, 9.17) is 4.74 Å². The Morgan fingerprint density at radius 2 is 1.54 bits per heavy atom. The van der Waals surface area contributed by atoms with Gasteiger partial charge in [0, 0.05) is 18.0 Å². The Balaban J connectivity index is 1.42. The molecule has 4 rings (SSSR count). The number of fused-ring (bicyclic) bond motifs is 2. The highest BCUT2D eigenvalue weighted by Gasteiger charge is 2.34. The van der Waals surface area contributed by atoms with Gasteiger partial charge in [0.1, 0.15) is 5.75 Å². The van der Waals surface area contributed by atoms with Crippen molar-refractivity contribution in [2.45, 2.75) is 6.42 Å². The van der Waals surface area contributed by atoms with Gasteiger partial charge in [0.15, 0.2) is 0 Å². The van der Waals surface area contributed by atoms with Crippen molar-refractivity contribution in [2.75, 3.05) is 13.2 Å². The summed E-state index contributed by atoms with van der Waals surface area (Å²) in [4.78, 5) is 40.3. The molecule has 6 heteroatoms. The van der Waals surface area contributed by atoms with Crippen LogP contribution in [0.3, 0.4) is 0 Å². The Morgan fingerprint density at radius 1 is 0.885 bits per heavy atom. The van der Waals surface area contributed by atoms with Crippen LogP contribution in [-0.2, 0) is 0 Å². The molecule has 1 N–H and O–H groups in total. The molecule has 2 heterocycles. The molecule has 0 fully saturated rings. The third-order valence-electron chi connectivity index (χ3n) is 4.37. The summed E-state index contributed by atoms with van der Waals surface area (Å²) in [5.41, 5.74) is 1.35. The number of carbonyl (C=O) groups is 2. The first kappa shape index (κ1) is 16.1. The van der Waals surface area contributed by atoms with Crippen LogP contribution in [0.5, 0.6) is 5.75 Å².